The fourth-order valence-corrected chi connectivity index (χ4v) is 2.92. The van der Waals surface area contributed by atoms with E-state index in [0.717, 1.165) is 35.2 Å². The molecule has 5 nitrogen and oxygen atoms in total. The molecule has 1 fully saturated rings. The van der Waals surface area contributed by atoms with E-state index in [1.54, 1.807) is 7.11 Å². The number of ether oxygens (including phenoxy) is 2. The van der Waals surface area contributed by atoms with Gasteiger partial charge in [-0.1, -0.05) is 15.9 Å². The van der Waals surface area contributed by atoms with Gasteiger partial charge in [0.1, 0.15) is 11.4 Å². The molecular weight excluding hydrogens is 360 g/mol. The van der Waals surface area contributed by atoms with Crippen molar-refractivity contribution in [2.45, 2.75) is 57.8 Å². The lowest BCUT2D eigenvalue weighted by atomic mass is 9.86. The van der Waals surface area contributed by atoms with Gasteiger partial charge in [-0.25, -0.2) is 4.79 Å². The van der Waals surface area contributed by atoms with Crippen molar-refractivity contribution in [1.82, 2.24) is 10.6 Å². The lowest BCUT2D eigenvalue weighted by Crippen LogP contribution is -2.52. The van der Waals surface area contributed by atoms with Crippen LogP contribution < -0.4 is 15.4 Å². The minimum atomic E-state index is -0.456. The van der Waals surface area contributed by atoms with Crippen molar-refractivity contribution >= 4 is 22.0 Å². The van der Waals surface area contributed by atoms with Crippen LogP contribution >= 0.6 is 15.9 Å². The van der Waals surface area contributed by atoms with Crippen LogP contribution in [0.1, 0.15) is 39.2 Å². The molecule has 1 aliphatic carbocycles. The second kappa shape index (κ2) is 7.53. The molecular formula is C17H25BrN2O3. The summed E-state index contributed by atoms with van der Waals surface area (Å²) in [5, 5.41) is 6.40. The quantitative estimate of drug-likeness (QED) is 0.813. The molecule has 1 aliphatic rings. The predicted octanol–water partition coefficient (Wildman–Crippen LogP) is 3.60. The lowest BCUT2D eigenvalue weighted by Gasteiger charge is -2.36. The average molecular weight is 385 g/mol. The minimum Gasteiger partial charge on any atom is -0.496 e. The molecule has 2 N–H and O–H groups in total. The van der Waals surface area contributed by atoms with Crippen molar-refractivity contribution in [3.05, 3.63) is 28.2 Å². The Morgan fingerprint density at radius 3 is 2.61 bits per heavy atom. The van der Waals surface area contributed by atoms with Crippen LogP contribution in [0.25, 0.3) is 0 Å². The first-order chi connectivity index (χ1) is 10.8. The van der Waals surface area contributed by atoms with Gasteiger partial charge in [-0.2, -0.15) is 0 Å². The molecule has 0 aliphatic heterocycles. The van der Waals surface area contributed by atoms with Crippen molar-refractivity contribution in [2.75, 3.05) is 7.11 Å². The van der Waals surface area contributed by atoms with Crippen LogP contribution in [0.3, 0.4) is 0 Å². The summed E-state index contributed by atoms with van der Waals surface area (Å²) in [4.78, 5) is 11.7. The predicted molar refractivity (Wildman–Crippen MR) is 93.7 cm³/mol. The maximum Gasteiger partial charge on any atom is 0.407 e. The highest BCUT2D eigenvalue weighted by atomic mass is 79.9. The van der Waals surface area contributed by atoms with Gasteiger partial charge in [0.2, 0.25) is 0 Å². The molecule has 1 aromatic rings. The maximum absolute atomic E-state index is 11.7. The fourth-order valence-electron chi connectivity index (χ4n) is 2.52. The number of hydrogen-bond acceptors (Lipinski definition) is 4. The molecule has 6 heteroatoms. The molecule has 0 atom stereocenters. The SMILES string of the molecule is COc1ccc(Br)cc1CNC1CC(NC(=O)OC(C)(C)C)C1. The van der Waals surface area contributed by atoms with Crippen molar-refractivity contribution in [2.24, 2.45) is 0 Å². The van der Waals surface area contributed by atoms with Crippen molar-refractivity contribution in [1.29, 1.82) is 0 Å². The zero-order chi connectivity index (χ0) is 17.0. The Kier molecular flexibility index (Phi) is 5.92. The molecule has 0 heterocycles. The number of rotatable bonds is 5. The number of benzene rings is 1. The molecule has 0 radical (unpaired) electrons. The second-order valence-corrected chi connectivity index (χ2v) is 7.76. The number of halogens is 1. The number of nitrogens with one attached hydrogen (secondary N) is 2. The molecule has 0 bridgehead atoms. The Balaban J connectivity index is 1.73. The van der Waals surface area contributed by atoms with Crippen LogP contribution in [0.2, 0.25) is 0 Å². The number of carbonyl (C=O) groups excluding carboxylic acids is 1. The third-order valence-electron chi connectivity index (χ3n) is 3.68. The smallest absolute Gasteiger partial charge is 0.407 e. The Bertz CT molecular complexity index is 551. The molecule has 0 saturated heterocycles. The number of amides is 1. The van der Waals surface area contributed by atoms with Crippen LogP contribution in [0, 0.1) is 0 Å². The van der Waals surface area contributed by atoms with E-state index in [2.05, 4.69) is 32.6 Å². The van der Waals surface area contributed by atoms with Crippen LogP contribution in [0.5, 0.6) is 5.75 Å². The molecule has 0 spiro atoms. The van der Waals surface area contributed by atoms with E-state index >= 15 is 0 Å². The zero-order valence-corrected chi connectivity index (χ0v) is 15.7. The monoisotopic (exact) mass is 384 g/mol. The molecule has 2 rings (SSSR count). The van der Waals surface area contributed by atoms with Gasteiger partial charge >= 0.3 is 6.09 Å². The molecule has 1 amide bonds. The van der Waals surface area contributed by atoms with Crippen molar-refractivity contribution in [3.63, 3.8) is 0 Å². The summed E-state index contributed by atoms with van der Waals surface area (Å²) in [6.07, 6.45) is 1.49. The number of hydrogen-bond donors (Lipinski definition) is 2. The molecule has 1 aromatic carbocycles. The van der Waals surface area contributed by atoms with E-state index in [1.807, 2.05) is 32.9 Å². The third-order valence-corrected chi connectivity index (χ3v) is 4.18. The summed E-state index contributed by atoms with van der Waals surface area (Å²) in [5.41, 5.74) is 0.661. The van der Waals surface area contributed by atoms with Gasteiger partial charge in [-0.05, 0) is 51.8 Å². The van der Waals surface area contributed by atoms with Crippen molar-refractivity contribution < 1.29 is 14.3 Å². The summed E-state index contributed by atoms with van der Waals surface area (Å²) >= 11 is 3.48. The van der Waals surface area contributed by atoms with E-state index in [-0.39, 0.29) is 12.1 Å². The van der Waals surface area contributed by atoms with Crippen LogP contribution in [0.4, 0.5) is 4.79 Å². The number of carbonyl (C=O) groups is 1. The maximum atomic E-state index is 11.7. The first-order valence-electron chi connectivity index (χ1n) is 7.82. The Morgan fingerprint density at radius 2 is 2.00 bits per heavy atom. The van der Waals surface area contributed by atoms with Crippen molar-refractivity contribution in [3.8, 4) is 5.75 Å². The number of alkyl carbamates (subject to hydrolysis) is 1. The topological polar surface area (TPSA) is 59.6 Å². The van der Waals surface area contributed by atoms with Gasteiger partial charge in [0.15, 0.2) is 0 Å². The number of methoxy groups -OCH3 is 1. The van der Waals surface area contributed by atoms with E-state index in [0.29, 0.717) is 6.04 Å². The van der Waals surface area contributed by atoms with E-state index in [9.17, 15) is 4.79 Å². The van der Waals surface area contributed by atoms with Gasteiger partial charge in [0.05, 0.1) is 7.11 Å². The zero-order valence-electron chi connectivity index (χ0n) is 14.1. The summed E-state index contributed by atoms with van der Waals surface area (Å²) in [5.74, 6) is 0.878. The average Bonchev–Trinajstić information content (AvgIpc) is 2.39. The minimum absolute atomic E-state index is 0.187. The highest BCUT2D eigenvalue weighted by Crippen LogP contribution is 2.25. The van der Waals surface area contributed by atoms with Crippen LogP contribution in [0.15, 0.2) is 22.7 Å². The first kappa shape index (κ1) is 18.1. The Morgan fingerprint density at radius 1 is 1.30 bits per heavy atom. The largest absolute Gasteiger partial charge is 0.496 e. The highest BCUT2D eigenvalue weighted by Gasteiger charge is 2.31. The van der Waals surface area contributed by atoms with E-state index in [1.165, 1.54) is 0 Å². The van der Waals surface area contributed by atoms with Gasteiger partial charge in [-0.15, -0.1) is 0 Å². The summed E-state index contributed by atoms with van der Waals surface area (Å²) < 4.78 is 11.7. The van der Waals surface area contributed by atoms with Gasteiger partial charge < -0.3 is 20.1 Å². The molecule has 23 heavy (non-hydrogen) atoms. The highest BCUT2D eigenvalue weighted by molar-refractivity contribution is 9.10. The summed E-state index contributed by atoms with van der Waals surface area (Å²) in [6.45, 7) is 6.34. The molecule has 128 valence electrons. The van der Waals surface area contributed by atoms with Crippen LogP contribution in [-0.2, 0) is 11.3 Å². The molecule has 0 aromatic heterocycles. The van der Waals surface area contributed by atoms with Gasteiger partial charge in [0.25, 0.3) is 0 Å². The molecule has 0 unspecified atom stereocenters. The second-order valence-electron chi connectivity index (χ2n) is 6.85. The summed E-state index contributed by atoms with van der Waals surface area (Å²) in [7, 11) is 1.68. The Hall–Kier alpha value is -1.27. The third kappa shape index (κ3) is 5.70. The normalized spacial score (nSPS) is 20.6. The Labute approximate surface area is 146 Å². The van der Waals surface area contributed by atoms with Gasteiger partial charge in [0, 0.05) is 28.7 Å². The summed E-state index contributed by atoms with van der Waals surface area (Å²) in [6, 6.07) is 6.56. The first-order valence-corrected chi connectivity index (χ1v) is 8.61. The van der Waals surface area contributed by atoms with Gasteiger partial charge in [-0.3, -0.25) is 0 Å². The van der Waals surface area contributed by atoms with E-state index in [4.69, 9.17) is 9.47 Å². The standard InChI is InChI=1S/C17H25BrN2O3/c1-17(2,3)23-16(21)20-14-8-13(9-14)19-10-11-7-12(18)5-6-15(11)22-4/h5-7,13-14,19H,8-10H2,1-4H3,(H,20,21). The molecule has 1 saturated carbocycles. The van der Waals surface area contributed by atoms with Crippen LogP contribution in [-0.4, -0.2) is 30.9 Å². The lowest BCUT2D eigenvalue weighted by molar-refractivity contribution is 0.0465. The van der Waals surface area contributed by atoms with E-state index < -0.39 is 5.60 Å². The fraction of sp³-hybridized carbons (Fsp3) is 0.588.